The minimum Gasteiger partial charge on any atom is -0.289 e. The molecule has 1 aliphatic rings. The second-order valence-corrected chi connectivity index (χ2v) is 4.18. The molecule has 0 unspecified atom stereocenters. The number of pyridine rings is 1. The van der Waals surface area contributed by atoms with Crippen LogP contribution in [0.3, 0.4) is 0 Å². The molecular weight excluding hydrogens is 202 g/mol. The highest BCUT2D eigenvalue weighted by Gasteiger charge is 2.28. The summed E-state index contributed by atoms with van der Waals surface area (Å²) in [5.41, 5.74) is 3.78. The highest BCUT2D eigenvalue weighted by molar-refractivity contribution is 6.25. The molecule has 16 heavy (non-hydrogen) atoms. The van der Waals surface area contributed by atoms with Gasteiger partial charge < -0.3 is 0 Å². The summed E-state index contributed by atoms with van der Waals surface area (Å²) in [6.07, 6.45) is 1.40. The van der Waals surface area contributed by atoms with E-state index in [1.165, 1.54) is 6.08 Å². The molecule has 2 rings (SSSR count). The molecule has 0 amide bonds. The molecule has 1 aromatic heterocycles. The Balaban J connectivity index is 2.87. The van der Waals surface area contributed by atoms with E-state index in [0.29, 0.717) is 22.4 Å². The zero-order chi connectivity index (χ0) is 12.0. The number of allylic oxidation sites excluding steroid dienone is 2. The van der Waals surface area contributed by atoms with Crippen LogP contribution >= 0.6 is 0 Å². The Kier molecular flexibility index (Phi) is 2.26. The van der Waals surface area contributed by atoms with Gasteiger partial charge in [0.2, 0.25) is 0 Å². The van der Waals surface area contributed by atoms with Gasteiger partial charge in [-0.25, -0.2) is 0 Å². The van der Waals surface area contributed by atoms with Crippen molar-refractivity contribution in [3.8, 4) is 0 Å². The van der Waals surface area contributed by atoms with Gasteiger partial charge in [0.25, 0.3) is 0 Å². The lowest BCUT2D eigenvalue weighted by molar-refractivity contribution is 0.0983. The van der Waals surface area contributed by atoms with Crippen molar-refractivity contribution in [2.75, 3.05) is 0 Å². The molecule has 1 aromatic rings. The summed E-state index contributed by atoms with van der Waals surface area (Å²) in [6.45, 7) is 7.14. The lowest BCUT2D eigenvalue weighted by Crippen LogP contribution is -2.20. The molecule has 0 saturated heterocycles. The Hall–Kier alpha value is -1.77. The van der Waals surface area contributed by atoms with Crippen molar-refractivity contribution < 1.29 is 9.59 Å². The third kappa shape index (κ3) is 1.32. The predicted molar refractivity (Wildman–Crippen MR) is 60.9 cm³/mol. The van der Waals surface area contributed by atoms with Crippen molar-refractivity contribution in [3.05, 3.63) is 39.7 Å². The van der Waals surface area contributed by atoms with Crippen LogP contribution in [0.1, 0.15) is 44.6 Å². The van der Waals surface area contributed by atoms with Gasteiger partial charge in [-0.1, -0.05) is 0 Å². The lowest BCUT2D eigenvalue weighted by Gasteiger charge is -2.18. The van der Waals surface area contributed by atoms with Crippen LogP contribution in [-0.2, 0) is 0 Å². The van der Waals surface area contributed by atoms with Gasteiger partial charge in [0, 0.05) is 22.5 Å². The molecule has 0 spiro atoms. The van der Waals surface area contributed by atoms with Crippen molar-refractivity contribution >= 4 is 11.6 Å². The maximum Gasteiger partial charge on any atom is 0.190 e. The smallest absolute Gasteiger partial charge is 0.190 e. The third-order valence-corrected chi connectivity index (χ3v) is 3.04. The van der Waals surface area contributed by atoms with E-state index in [2.05, 4.69) is 4.98 Å². The Morgan fingerprint density at radius 1 is 0.938 bits per heavy atom. The monoisotopic (exact) mass is 215 g/mol. The molecule has 1 aliphatic carbocycles. The summed E-state index contributed by atoms with van der Waals surface area (Å²) in [5.74, 6) is -0.166. The number of Topliss-reactive ketones (excluding diaryl/α,β-unsaturated/α-hetero) is 1. The molecular formula is C13H13NO2. The first-order valence-electron chi connectivity index (χ1n) is 5.18. The fourth-order valence-electron chi connectivity index (χ4n) is 2.06. The fourth-order valence-corrected chi connectivity index (χ4v) is 2.06. The van der Waals surface area contributed by atoms with Crippen LogP contribution in [0.15, 0.2) is 11.6 Å². The lowest BCUT2D eigenvalue weighted by atomic mass is 9.86. The number of hydrogen-bond acceptors (Lipinski definition) is 3. The molecule has 0 fully saturated rings. The van der Waals surface area contributed by atoms with Crippen molar-refractivity contribution in [3.63, 3.8) is 0 Å². The Morgan fingerprint density at radius 2 is 1.56 bits per heavy atom. The summed E-state index contributed by atoms with van der Waals surface area (Å²) in [7, 11) is 0. The zero-order valence-electron chi connectivity index (χ0n) is 9.84. The van der Waals surface area contributed by atoms with Gasteiger partial charge in [-0.2, -0.15) is 0 Å². The van der Waals surface area contributed by atoms with Gasteiger partial charge >= 0.3 is 0 Å². The van der Waals surface area contributed by atoms with Crippen molar-refractivity contribution in [1.82, 2.24) is 4.98 Å². The van der Waals surface area contributed by atoms with Crippen LogP contribution in [0.25, 0.3) is 0 Å². The SMILES string of the molecule is CC1=CC(=O)c2c(C)nc(C)c(C)c2C1=O. The normalized spacial score (nSPS) is 14.9. The van der Waals surface area contributed by atoms with Gasteiger partial charge in [0.15, 0.2) is 11.6 Å². The van der Waals surface area contributed by atoms with E-state index in [1.54, 1.807) is 13.8 Å². The molecule has 0 N–H and O–H groups in total. The van der Waals surface area contributed by atoms with Crippen LogP contribution in [0, 0.1) is 20.8 Å². The second kappa shape index (κ2) is 3.37. The molecule has 0 atom stereocenters. The third-order valence-electron chi connectivity index (χ3n) is 3.04. The Labute approximate surface area is 94.2 Å². The fraction of sp³-hybridized carbons (Fsp3) is 0.308. The summed E-state index contributed by atoms with van der Waals surface area (Å²) < 4.78 is 0. The van der Waals surface area contributed by atoms with E-state index < -0.39 is 0 Å². The van der Waals surface area contributed by atoms with Crippen LogP contribution in [0.4, 0.5) is 0 Å². The zero-order valence-corrected chi connectivity index (χ0v) is 9.84. The average molecular weight is 215 g/mol. The van der Waals surface area contributed by atoms with E-state index in [-0.39, 0.29) is 11.6 Å². The summed E-state index contributed by atoms with van der Waals surface area (Å²) in [5, 5.41) is 0. The maximum atomic E-state index is 12.0. The first-order valence-corrected chi connectivity index (χ1v) is 5.18. The summed E-state index contributed by atoms with van der Waals surface area (Å²) in [4.78, 5) is 28.2. The molecule has 0 aliphatic heterocycles. The largest absolute Gasteiger partial charge is 0.289 e. The quantitative estimate of drug-likeness (QED) is 0.667. The highest BCUT2D eigenvalue weighted by atomic mass is 16.1. The van der Waals surface area contributed by atoms with Crippen LogP contribution in [0.5, 0.6) is 0 Å². The number of aromatic nitrogens is 1. The predicted octanol–water partition coefficient (Wildman–Crippen LogP) is 2.33. The standard InChI is InChI=1S/C13H13NO2/c1-6-5-10(15)12-9(4)14-8(3)7(2)11(12)13(6)16/h5H,1-4H3. The first-order chi connectivity index (χ1) is 7.43. The number of hydrogen-bond donors (Lipinski definition) is 0. The molecule has 3 nitrogen and oxygen atoms in total. The molecule has 1 heterocycles. The van der Waals surface area contributed by atoms with E-state index >= 15 is 0 Å². The minimum absolute atomic E-state index is 0.0549. The Morgan fingerprint density at radius 3 is 2.19 bits per heavy atom. The number of carbonyl (C=O) groups is 2. The minimum atomic E-state index is -0.111. The topological polar surface area (TPSA) is 47.0 Å². The number of aryl methyl sites for hydroxylation is 2. The number of nitrogens with zero attached hydrogens (tertiary/aromatic N) is 1. The highest BCUT2D eigenvalue weighted by Crippen LogP contribution is 2.27. The average Bonchev–Trinajstić information content (AvgIpc) is 2.20. The van der Waals surface area contributed by atoms with Crippen LogP contribution < -0.4 is 0 Å². The van der Waals surface area contributed by atoms with E-state index in [9.17, 15) is 9.59 Å². The molecule has 0 aromatic carbocycles. The molecule has 82 valence electrons. The molecule has 3 heteroatoms. The number of fused-ring (bicyclic) bond motifs is 1. The molecule has 0 bridgehead atoms. The van der Waals surface area contributed by atoms with Gasteiger partial charge in [0.1, 0.15) is 0 Å². The van der Waals surface area contributed by atoms with E-state index in [0.717, 1.165) is 11.3 Å². The van der Waals surface area contributed by atoms with Gasteiger partial charge in [-0.05, 0) is 39.3 Å². The van der Waals surface area contributed by atoms with Gasteiger partial charge in [0.05, 0.1) is 5.56 Å². The molecule has 0 saturated carbocycles. The van der Waals surface area contributed by atoms with Gasteiger partial charge in [-0.3, -0.25) is 14.6 Å². The summed E-state index contributed by atoms with van der Waals surface area (Å²) in [6, 6.07) is 0. The molecule has 0 radical (unpaired) electrons. The number of rotatable bonds is 0. The Bertz CT molecular complexity index is 554. The maximum absolute atomic E-state index is 12.0. The van der Waals surface area contributed by atoms with E-state index in [4.69, 9.17) is 0 Å². The van der Waals surface area contributed by atoms with Crippen molar-refractivity contribution in [2.45, 2.75) is 27.7 Å². The first kappa shape index (κ1) is 10.7. The van der Waals surface area contributed by atoms with Crippen LogP contribution in [-0.4, -0.2) is 16.6 Å². The summed E-state index contributed by atoms with van der Waals surface area (Å²) >= 11 is 0. The van der Waals surface area contributed by atoms with Gasteiger partial charge in [-0.15, -0.1) is 0 Å². The number of ketones is 2. The second-order valence-electron chi connectivity index (χ2n) is 4.18. The van der Waals surface area contributed by atoms with Crippen molar-refractivity contribution in [2.24, 2.45) is 0 Å². The van der Waals surface area contributed by atoms with Crippen LogP contribution in [0.2, 0.25) is 0 Å². The van der Waals surface area contributed by atoms with E-state index in [1.807, 2.05) is 13.8 Å². The number of carbonyl (C=O) groups excluding carboxylic acids is 2. The van der Waals surface area contributed by atoms with Crippen molar-refractivity contribution in [1.29, 1.82) is 0 Å².